The van der Waals surface area contributed by atoms with Crippen LogP contribution in [0.25, 0.3) is 0 Å². The van der Waals surface area contributed by atoms with Gasteiger partial charge in [-0.1, -0.05) is 12.1 Å². The molecule has 1 aromatic carbocycles. The number of rotatable bonds is 4. The van der Waals surface area contributed by atoms with Crippen LogP contribution in [-0.4, -0.2) is 36.7 Å². The highest BCUT2D eigenvalue weighted by Gasteiger charge is 2.40. The maximum absolute atomic E-state index is 13.2. The van der Waals surface area contributed by atoms with Crippen LogP contribution in [0.3, 0.4) is 0 Å². The minimum atomic E-state index is -4.77. The lowest BCUT2D eigenvalue weighted by Gasteiger charge is -2.31. The summed E-state index contributed by atoms with van der Waals surface area (Å²) in [5, 5.41) is 4.82. The van der Waals surface area contributed by atoms with Gasteiger partial charge in [-0.15, -0.1) is 11.3 Å². The largest absolute Gasteiger partial charge is 0.417 e. The van der Waals surface area contributed by atoms with Crippen LogP contribution in [0.2, 0.25) is 0 Å². The van der Waals surface area contributed by atoms with Gasteiger partial charge in [0.15, 0.2) is 5.13 Å². The van der Waals surface area contributed by atoms with Crippen LogP contribution in [0.4, 0.5) is 18.3 Å². The first-order valence-corrected chi connectivity index (χ1v) is 10.4. The van der Waals surface area contributed by atoms with Gasteiger partial charge in [0.1, 0.15) is 0 Å². The van der Waals surface area contributed by atoms with Crippen molar-refractivity contribution in [2.24, 2.45) is 5.92 Å². The molecule has 2 aromatic rings. The Bertz CT molecular complexity index is 906. The maximum atomic E-state index is 13.2. The van der Waals surface area contributed by atoms with Crippen molar-refractivity contribution in [2.45, 2.75) is 23.9 Å². The van der Waals surface area contributed by atoms with E-state index in [1.807, 2.05) is 0 Å². The van der Waals surface area contributed by atoms with E-state index in [-0.39, 0.29) is 31.8 Å². The number of amides is 1. The monoisotopic (exact) mass is 419 g/mol. The normalized spacial score (nSPS) is 17.0. The van der Waals surface area contributed by atoms with Crippen LogP contribution in [-0.2, 0) is 21.0 Å². The Labute approximate surface area is 158 Å². The van der Waals surface area contributed by atoms with Crippen molar-refractivity contribution in [2.75, 3.05) is 18.4 Å². The lowest BCUT2D eigenvalue weighted by molar-refractivity contribution is -0.139. The summed E-state index contributed by atoms with van der Waals surface area (Å²) >= 11 is 1.27. The van der Waals surface area contributed by atoms with E-state index in [1.54, 1.807) is 11.6 Å². The Morgan fingerprint density at radius 3 is 2.48 bits per heavy atom. The molecule has 1 aliphatic heterocycles. The zero-order valence-electron chi connectivity index (χ0n) is 13.9. The number of aromatic nitrogens is 1. The van der Waals surface area contributed by atoms with Crippen LogP contribution in [0.15, 0.2) is 40.7 Å². The molecule has 1 aromatic heterocycles. The predicted molar refractivity (Wildman–Crippen MR) is 93.7 cm³/mol. The number of hydrogen-bond acceptors (Lipinski definition) is 5. The SMILES string of the molecule is O=C(Nc1nccs1)C1CCN(S(=O)(=O)c2ccccc2C(F)(F)F)CC1. The van der Waals surface area contributed by atoms with Gasteiger partial charge in [0, 0.05) is 30.6 Å². The van der Waals surface area contributed by atoms with Crippen molar-refractivity contribution in [1.82, 2.24) is 9.29 Å². The maximum Gasteiger partial charge on any atom is 0.417 e. The van der Waals surface area contributed by atoms with Gasteiger partial charge in [-0.3, -0.25) is 4.79 Å². The number of hydrogen-bond donors (Lipinski definition) is 1. The minimum Gasteiger partial charge on any atom is -0.302 e. The third-order valence-electron chi connectivity index (χ3n) is 4.30. The van der Waals surface area contributed by atoms with Gasteiger partial charge >= 0.3 is 6.18 Å². The summed E-state index contributed by atoms with van der Waals surface area (Å²) in [6, 6.07) is 4.12. The van der Waals surface area contributed by atoms with Crippen molar-refractivity contribution in [3.05, 3.63) is 41.4 Å². The predicted octanol–water partition coefficient (Wildman–Crippen LogP) is 3.20. The molecule has 11 heteroatoms. The van der Waals surface area contributed by atoms with Crippen LogP contribution in [0.5, 0.6) is 0 Å². The quantitative estimate of drug-likeness (QED) is 0.826. The molecule has 0 saturated carbocycles. The summed E-state index contributed by atoms with van der Waals surface area (Å²) in [5.41, 5.74) is -1.19. The van der Waals surface area contributed by atoms with Crippen LogP contribution < -0.4 is 5.32 Å². The number of carbonyl (C=O) groups excluding carboxylic acids is 1. The molecule has 2 heterocycles. The molecule has 1 aliphatic rings. The molecule has 3 rings (SSSR count). The summed E-state index contributed by atoms with van der Waals surface area (Å²) in [6.07, 6.45) is -2.77. The molecule has 0 spiro atoms. The molecular weight excluding hydrogens is 403 g/mol. The summed E-state index contributed by atoms with van der Waals surface area (Å²) in [7, 11) is -4.30. The van der Waals surface area contributed by atoms with Gasteiger partial charge in [0.25, 0.3) is 0 Å². The van der Waals surface area contributed by atoms with E-state index < -0.39 is 32.6 Å². The molecule has 6 nitrogen and oxygen atoms in total. The second-order valence-corrected chi connectivity index (χ2v) is 8.80. The van der Waals surface area contributed by atoms with E-state index >= 15 is 0 Å². The van der Waals surface area contributed by atoms with Crippen molar-refractivity contribution in [1.29, 1.82) is 0 Å². The van der Waals surface area contributed by atoms with Gasteiger partial charge < -0.3 is 5.32 Å². The number of alkyl halides is 3. The number of halogens is 3. The van der Waals surface area contributed by atoms with Gasteiger partial charge in [-0.05, 0) is 25.0 Å². The van der Waals surface area contributed by atoms with E-state index in [0.29, 0.717) is 5.13 Å². The summed E-state index contributed by atoms with van der Waals surface area (Å²) in [4.78, 5) is 15.4. The Morgan fingerprint density at radius 1 is 1.22 bits per heavy atom. The van der Waals surface area contributed by atoms with Crippen LogP contribution in [0, 0.1) is 5.92 Å². The lowest BCUT2D eigenvalue weighted by atomic mass is 9.97. The Balaban J connectivity index is 1.71. The number of carbonyl (C=O) groups is 1. The summed E-state index contributed by atoms with van der Waals surface area (Å²) < 4.78 is 65.9. The minimum absolute atomic E-state index is 0.0233. The van der Waals surface area contributed by atoms with Crippen molar-refractivity contribution >= 4 is 32.4 Å². The van der Waals surface area contributed by atoms with E-state index in [9.17, 15) is 26.4 Å². The van der Waals surface area contributed by atoms with Crippen molar-refractivity contribution in [3.8, 4) is 0 Å². The Morgan fingerprint density at radius 2 is 1.89 bits per heavy atom. The van der Waals surface area contributed by atoms with Gasteiger partial charge in [-0.2, -0.15) is 17.5 Å². The molecule has 1 fully saturated rings. The van der Waals surface area contributed by atoms with E-state index in [0.717, 1.165) is 22.5 Å². The molecule has 0 unspecified atom stereocenters. The average molecular weight is 419 g/mol. The highest BCUT2D eigenvalue weighted by Crippen LogP contribution is 2.36. The number of thiazole rings is 1. The lowest BCUT2D eigenvalue weighted by Crippen LogP contribution is -2.41. The molecule has 27 heavy (non-hydrogen) atoms. The molecule has 0 atom stereocenters. The number of piperidine rings is 1. The Hall–Kier alpha value is -1.98. The molecule has 1 amide bonds. The second-order valence-electron chi connectivity index (χ2n) is 6.00. The van der Waals surface area contributed by atoms with Crippen molar-refractivity contribution in [3.63, 3.8) is 0 Å². The number of anilines is 1. The third kappa shape index (κ3) is 4.30. The molecule has 0 aliphatic carbocycles. The van der Waals surface area contributed by atoms with Crippen LogP contribution in [0.1, 0.15) is 18.4 Å². The highest BCUT2D eigenvalue weighted by atomic mass is 32.2. The zero-order chi connectivity index (χ0) is 19.7. The van der Waals surface area contributed by atoms with Gasteiger partial charge in [0.05, 0.1) is 10.5 Å². The number of nitrogens with zero attached hydrogens (tertiary/aromatic N) is 2. The van der Waals surface area contributed by atoms with E-state index in [2.05, 4.69) is 10.3 Å². The number of sulfonamides is 1. The number of benzene rings is 1. The average Bonchev–Trinajstić information content (AvgIpc) is 3.14. The summed E-state index contributed by atoms with van der Waals surface area (Å²) in [6.45, 7) is -0.0467. The topological polar surface area (TPSA) is 79.4 Å². The van der Waals surface area contributed by atoms with Gasteiger partial charge in [-0.25, -0.2) is 13.4 Å². The number of nitrogens with one attached hydrogen (secondary N) is 1. The Kier molecular flexibility index (Phi) is 5.54. The molecule has 0 bridgehead atoms. The first-order valence-electron chi connectivity index (χ1n) is 8.06. The first kappa shape index (κ1) is 19.8. The highest BCUT2D eigenvalue weighted by molar-refractivity contribution is 7.89. The fourth-order valence-corrected chi connectivity index (χ4v) is 5.13. The standard InChI is InChI=1S/C16H16F3N3O3S2/c17-16(18,19)12-3-1-2-4-13(12)27(24,25)22-8-5-11(6-9-22)14(23)21-15-20-7-10-26-15/h1-4,7,10-11H,5-6,8-9H2,(H,20,21,23). The summed E-state index contributed by atoms with van der Waals surface area (Å²) in [5.74, 6) is -0.684. The smallest absolute Gasteiger partial charge is 0.302 e. The molecule has 0 radical (unpaired) electrons. The molecule has 1 saturated heterocycles. The van der Waals surface area contributed by atoms with Gasteiger partial charge in [0.2, 0.25) is 15.9 Å². The van der Waals surface area contributed by atoms with E-state index in [4.69, 9.17) is 0 Å². The van der Waals surface area contributed by atoms with Crippen LogP contribution >= 0.6 is 11.3 Å². The molecule has 146 valence electrons. The van der Waals surface area contributed by atoms with E-state index in [1.165, 1.54) is 17.4 Å². The van der Waals surface area contributed by atoms with Crippen molar-refractivity contribution < 1.29 is 26.4 Å². The fourth-order valence-electron chi connectivity index (χ4n) is 2.92. The third-order valence-corrected chi connectivity index (χ3v) is 6.94. The fraction of sp³-hybridized carbons (Fsp3) is 0.375. The second kappa shape index (κ2) is 7.56. The first-order chi connectivity index (χ1) is 12.7. The molecular formula is C16H16F3N3O3S2. The zero-order valence-corrected chi connectivity index (χ0v) is 15.6. The molecule has 1 N–H and O–H groups in total.